The van der Waals surface area contributed by atoms with E-state index in [2.05, 4.69) is 0 Å². The van der Waals surface area contributed by atoms with Crippen LogP contribution < -0.4 is 0 Å². The highest BCUT2D eigenvalue weighted by Crippen LogP contribution is 2.19. The van der Waals surface area contributed by atoms with Gasteiger partial charge in [0.2, 0.25) is 18.0 Å². The molecule has 2 rings (SSSR count). The average Bonchev–Trinajstić information content (AvgIpc) is 2.83. The molecule has 0 saturated carbocycles. The lowest BCUT2D eigenvalue weighted by Crippen LogP contribution is -2.47. The fourth-order valence-corrected chi connectivity index (χ4v) is 1.79. The predicted octanol–water partition coefficient (Wildman–Crippen LogP) is -1.26. The molecule has 18 heavy (non-hydrogen) atoms. The van der Waals surface area contributed by atoms with E-state index < -0.39 is 29.9 Å². The third-order valence-corrected chi connectivity index (χ3v) is 2.68. The summed E-state index contributed by atoms with van der Waals surface area (Å²) in [5, 5.41) is 0.442. The second-order valence-electron chi connectivity index (χ2n) is 3.87. The summed E-state index contributed by atoms with van der Waals surface area (Å²) in [6, 6.07) is 0. The van der Waals surface area contributed by atoms with Crippen LogP contribution in [-0.2, 0) is 28.8 Å². The molecular formula is C10H10N2O6. The zero-order valence-electron chi connectivity index (χ0n) is 9.33. The van der Waals surface area contributed by atoms with Crippen LogP contribution in [0, 0.1) is 0 Å². The molecule has 0 aromatic rings. The van der Waals surface area contributed by atoms with Crippen molar-refractivity contribution < 1.29 is 28.8 Å². The number of hydroxylamine groups is 2. The van der Waals surface area contributed by atoms with E-state index in [1.54, 1.807) is 0 Å². The summed E-state index contributed by atoms with van der Waals surface area (Å²) in [5.74, 6) is -2.30. The summed E-state index contributed by atoms with van der Waals surface area (Å²) in [6.07, 6.45) is -1.37. The molecule has 0 N–H and O–H groups in total. The topological polar surface area (TPSA) is 101 Å². The molecule has 0 aliphatic carbocycles. The van der Waals surface area contributed by atoms with E-state index in [1.165, 1.54) is 0 Å². The Morgan fingerprint density at radius 3 is 1.78 bits per heavy atom. The second-order valence-corrected chi connectivity index (χ2v) is 3.87. The number of aldehydes is 1. The van der Waals surface area contributed by atoms with Gasteiger partial charge >= 0.3 is 0 Å². The molecular weight excluding hydrogens is 244 g/mol. The Bertz CT molecular complexity index is 414. The van der Waals surface area contributed by atoms with Crippen molar-refractivity contribution >= 4 is 29.9 Å². The number of hydrogen-bond acceptors (Lipinski definition) is 6. The van der Waals surface area contributed by atoms with Gasteiger partial charge in [0.15, 0.2) is 6.29 Å². The monoisotopic (exact) mass is 254 g/mol. The fraction of sp³-hybridized carbons (Fsp3) is 0.500. The summed E-state index contributed by atoms with van der Waals surface area (Å²) < 4.78 is 0. The van der Waals surface area contributed by atoms with Gasteiger partial charge in [0, 0.05) is 25.7 Å². The van der Waals surface area contributed by atoms with Gasteiger partial charge in [0.05, 0.1) is 0 Å². The Kier molecular flexibility index (Phi) is 3.19. The largest absolute Gasteiger partial charge is 0.298 e. The van der Waals surface area contributed by atoms with Gasteiger partial charge < -0.3 is 0 Å². The number of likely N-dealkylation sites (tertiary alicyclic amines) is 1. The first-order chi connectivity index (χ1) is 8.54. The van der Waals surface area contributed by atoms with Gasteiger partial charge in [-0.2, -0.15) is 5.06 Å². The Labute approximate surface area is 101 Å². The lowest BCUT2D eigenvalue weighted by Gasteiger charge is -2.24. The molecule has 1 atom stereocenters. The van der Waals surface area contributed by atoms with Crippen molar-refractivity contribution in [2.75, 3.05) is 0 Å². The Hall–Kier alpha value is -2.09. The first-order valence-corrected chi connectivity index (χ1v) is 5.37. The molecule has 96 valence electrons. The normalized spacial score (nSPS) is 22.0. The van der Waals surface area contributed by atoms with E-state index in [9.17, 15) is 24.0 Å². The smallest absolute Gasteiger partial charge is 0.254 e. The highest BCUT2D eigenvalue weighted by molar-refractivity contribution is 6.04. The van der Waals surface area contributed by atoms with Crippen molar-refractivity contribution in [3.05, 3.63) is 0 Å². The van der Waals surface area contributed by atoms with Crippen LogP contribution in [-0.4, -0.2) is 46.1 Å². The van der Waals surface area contributed by atoms with Gasteiger partial charge in [-0.05, 0) is 0 Å². The van der Waals surface area contributed by atoms with E-state index in [0.29, 0.717) is 9.96 Å². The van der Waals surface area contributed by atoms with E-state index in [1.807, 2.05) is 0 Å². The zero-order chi connectivity index (χ0) is 13.3. The zero-order valence-corrected chi connectivity index (χ0v) is 9.33. The summed E-state index contributed by atoms with van der Waals surface area (Å²) in [7, 11) is 0. The van der Waals surface area contributed by atoms with Crippen LogP contribution in [0.15, 0.2) is 0 Å². The number of imide groups is 2. The standard InChI is InChI=1S/C10H10N2O6/c13-5-10(11-6(14)1-2-7(11)15)18-12-8(16)3-4-9(12)17/h5,10H,1-4H2. The molecule has 0 radical (unpaired) electrons. The van der Waals surface area contributed by atoms with Crippen molar-refractivity contribution in [2.24, 2.45) is 0 Å². The van der Waals surface area contributed by atoms with Gasteiger partial charge in [-0.3, -0.25) is 24.0 Å². The summed E-state index contributed by atoms with van der Waals surface area (Å²) >= 11 is 0. The Balaban J connectivity index is 2.12. The SMILES string of the molecule is O=CC(ON1C(=O)CCC1=O)N1C(=O)CCC1=O. The van der Waals surface area contributed by atoms with Crippen LogP contribution in [0.1, 0.15) is 25.7 Å². The lowest BCUT2D eigenvalue weighted by molar-refractivity contribution is -0.219. The minimum Gasteiger partial charge on any atom is -0.298 e. The minimum absolute atomic E-state index is 0.00553. The summed E-state index contributed by atoms with van der Waals surface area (Å²) in [5.41, 5.74) is 0. The third-order valence-electron chi connectivity index (χ3n) is 2.68. The van der Waals surface area contributed by atoms with Crippen molar-refractivity contribution in [1.29, 1.82) is 0 Å². The third kappa shape index (κ3) is 2.02. The highest BCUT2D eigenvalue weighted by Gasteiger charge is 2.40. The lowest BCUT2D eigenvalue weighted by atomic mass is 10.4. The van der Waals surface area contributed by atoms with E-state index in [4.69, 9.17) is 4.84 Å². The van der Waals surface area contributed by atoms with Crippen molar-refractivity contribution in [2.45, 2.75) is 31.9 Å². The second kappa shape index (κ2) is 4.65. The average molecular weight is 254 g/mol. The highest BCUT2D eigenvalue weighted by atomic mass is 16.7. The van der Waals surface area contributed by atoms with Gasteiger partial charge in [-0.1, -0.05) is 0 Å². The molecule has 2 heterocycles. The van der Waals surface area contributed by atoms with Gasteiger partial charge in [0.25, 0.3) is 11.8 Å². The van der Waals surface area contributed by atoms with Crippen LogP contribution in [0.25, 0.3) is 0 Å². The fourth-order valence-electron chi connectivity index (χ4n) is 1.79. The molecule has 2 saturated heterocycles. The molecule has 4 amide bonds. The van der Waals surface area contributed by atoms with Crippen LogP contribution >= 0.6 is 0 Å². The van der Waals surface area contributed by atoms with Crippen molar-refractivity contribution in [3.8, 4) is 0 Å². The molecule has 2 fully saturated rings. The Morgan fingerprint density at radius 1 is 0.889 bits per heavy atom. The van der Waals surface area contributed by atoms with Crippen LogP contribution in [0.5, 0.6) is 0 Å². The van der Waals surface area contributed by atoms with E-state index in [0.717, 1.165) is 0 Å². The molecule has 2 aliphatic rings. The number of carbonyl (C=O) groups excluding carboxylic acids is 5. The van der Waals surface area contributed by atoms with Crippen LogP contribution in [0.2, 0.25) is 0 Å². The minimum atomic E-state index is -1.56. The summed E-state index contributed by atoms with van der Waals surface area (Å²) in [4.78, 5) is 61.7. The maximum atomic E-state index is 11.4. The number of amides is 4. The first kappa shape index (κ1) is 12.4. The molecule has 0 aromatic carbocycles. The molecule has 0 aromatic heterocycles. The first-order valence-electron chi connectivity index (χ1n) is 5.37. The van der Waals surface area contributed by atoms with Gasteiger partial charge in [-0.15, -0.1) is 0 Å². The molecule has 8 heteroatoms. The van der Waals surface area contributed by atoms with Crippen LogP contribution in [0.4, 0.5) is 0 Å². The van der Waals surface area contributed by atoms with E-state index >= 15 is 0 Å². The maximum absolute atomic E-state index is 11.4. The Morgan fingerprint density at radius 2 is 1.33 bits per heavy atom. The van der Waals surface area contributed by atoms with Crippen molar-refractivity contribution in [3.63, 3.8) is 0 Å². The quantitative estimate of drug-likeness (QED) is 0.458. The molecule has 0 bridgehead atoms. The molecule has 0 spiro atoms. The molecule has 2 aliphatic heterocycles. The number of rotatable bonds is 4. The van der Waals surface area contributed by atoms with Crippen LogP contribution in [0.3, 0.4) is 0 Å². The molecule has 1 unspecified atom stereocenters. The number of nitrogens with zero attached hydrogens (tertiary/aromatic N) is 2. The van der Waals surface area contributed by atoms with Gasteiger partial charge in [-0.25, -0.2) is 9.74 Å². The number of carbonyl (C=O) groups is 5. The molecule has 8 nitrogen and oxygen atoms in total. The van der Waals surface area contributed by atoms with Crippen molar-refractivity contribution in [1.82, 2.24) is 9.96 Å². The number of hydrogen-bond donors (Lipinski definition) is 0. The van der Waals surface area contributed by atoms with Gasteiger partial charge in [0.1, 0.15) is 0 Å². The van der Waals surface area contributed by atoms with E-state index in [-0.39, 0.29) is 32.0 Å². The maximum Gasteiger partial charge on any atom is 0.254 e. The predicted molar refractivity (Wildman–Crippen MR) is 53.1 cm³/mol. The summed E-state index contributed by atoms with van der Waals surface area (Å²) in [6.45, 7) is 0.